The molecule has 4 aromatic carbocycles. The summed E-state index contributed by atoms with van der Waals surface area (Å²) in [6.45, 7) is 5.26. The van der Waals surface area contributed by atoms with Crippen molar-refractivity contribution in [1.82, 2.24) is 5.32 Å². The predicted molar refractivity (Wildman–Crippen MR) is 313 cm³/mol. The summed E-state index contributed by atoms with van der Waals surface area (Å²) in [6.07, 6.45) is 30.0. The Morgan fingerprint density at radius 3 is 1.56 bits per heavy atom. The quantitative estimate of drug-likeness (QED) is 0.0264. The lowest BCUT2D eigenvalue weighted by molar-refractivity contribution is -0.373. The molecule has 0 saturated carbocycles. The number of hydrogen-bond donors (Lipinski definition) is 1. The van der Waals surface area contributed by atoms with Crippen LogP contribution in [0.4, 0.5) is 0 Å². The fourth-order valence-corrected chi connectivity index (χ4v) is 10.5. The highest BCUT2D eigenvalue weighted by molar-refractivity contribution is 5.89. The summed E-state index contributed by atoms with van der Waals surface area (Å²) < 4.78 is 47.1. The van der Waals surface area contributed by atoms with Gasteiger partial charge in [0.25, 0.3) is 0 Å². The standard InChI is InChI=1S/C68H97NO9/c1-3-5-7-9-11-13-15-17-19-21-23-25-39-49-60(76-66(71)57-45-35-29-36-46-57)59(69-62(70)50-40-26-24-22-20-18-16-14-12-10-8-6-4-2)53-74-68-65(73-52-56-43-33-28-34-44-56)64(72-51-55-41-31-27-32-42-55)63-61(77-68)54-75-67(78-63)58-47-37-30-38-48-58/h27-39,41-49,59-61,63-65,67-68H,3-26,40,50-54H2,1-2H3,(H,69,70)/t59-,60+,61+,63-,64-,65+,67?,68-/m0/s1. The molecule has 10 nitrogen and oxygen atoms in total. The first-order valence-corrected chi connectivity index (χ1v) is 30.6. The number of ether oxygens (including phenoxy) is 7. The summed E-state index contributed by atoms with van der Waals surface area (Å²) in [5.41, 5.74) is 3.30. The zero-order valence-corrected chi connectivity index (χ0v) is 47.7. The van der Waals surface area contributed by atoms with E-state index in [1.807, 2.05) is 115 Å². The molecule has 0 spiro atoms. The molecular weight excluding hydrogens is 975 g/mol. The van der Waals surface area contributed by atoms with Crippen molar-refractivity contribution >= 4 is 11.9 Å². The Balaban J connectivity index is 1.18. The molecular formula is C68H97NO9. The van der Waals surface area contributed by atoms with Crippen molar-refractivity contribution in [2.24, 2.45) is 0 Å². The van der Waals surface area contributed by atoms with Crippen LogP contribution in [0.25, 0.3) is 0 Å². The topological polar surface area (TPSA) is 111 Å². The lowest BCUT2D eigenvalue weighted by atomic mass is 9.97. The minimum Gasteiger partial charge on any atom is -0.452 e. The van der Waals surface area contributed by atoms with E-state index in [1.165, 1.54) is 122 Å². The SMILES string of the molecule is CCCCCCCCCCCCCC=C[C@@H](OC(=O)c1ccccc1)[C@H](CO[C@H]1O[C@@H]2COC(c3ccccc3)O[C@@H]2[C@H](OCc2ccccc2)[C@H]1OCc1ccccc1)NC(=O)CCCCCCCCCCCCCCC. The number of rotatable bonds is 41. The van der Waals surface area contributed by atoms with E-state index in [0.29, 0.717) is 18.6 Å². The molecule has 428 valence electrons. The Morgan fingerprint density at radius 1 is 0.551 bits per heavy atom. The third kappa shape index (κ3) is 24.0. The molecule has 2 saturated heterocycles. The van der Waals surface area contributed by atoms with Gasteiger partial charge in [-0.25, -0.2) is 4.79 Å². The number of nitrogens with one attached hydrogen (secondary N) is 1. The van der Waals surface area contributed by atoms with Crippen molar-refractivity contribution in [2.75, 3.05) is 13.2 Å². The molecule has 4 aromatic rings. The highest BCUT2D eigenvalue weighted by atomic mass is 16.8. The van der Waals surface area contributed by atoms with Crippen molar-refractivity contribution in [3.8, 4) is 0 Å². The summed E-state index contributed by atoms with van der Waals surface area (Å²) in [5, 5.41) is 3.30. The van der Waals surface area contributed by atoms with Gasteiger partial charge in [-0.3, -0.25) is 4.79 Å². The van der Waals surface area contributed by atoms with Crippen LogP contribution >= 0.6 is 0 Å². The Labute approximate surface area is 470 Å². The maximum absolute atomic E-state index is 14.1. The first-order valence-electron chi connectivity index (χ1n) is 30.6. The molecule has 1 amide bonds. The van der Waals surface area contributed by atoms with E-state index in [1.54, 1.807) is 12.1 Å². The average Bonchev–Trinajstić information content (AvgIpc) is 3.53. The van der Waals surface area contributed by atoms with Crippen LogP contribution in [-0.4, -0.2) is 67.9 Å². The van der Waals surface area contributed by atoms with E-state index >= 15 is 0 Å². The minimum absolute atomic E-state index is 0.0487. The molecule has 0 bridgehead atoms. The molecule has 6 rings (SSSR count). The lowest BCUT2D eigenvalue weighted by Crippen LogP contribution is -2.64. The number of esters is 1. The highest BCUT2D eigenvalue weighted by Gasteiger charge is 2.52. The van der Waals surface area contributed by atoms with Crippen LogP contribution in [0.5, 0.6) is 0 Å². The number of carbonyl (C=O) groups is 2. The van der Waals surface area contributed by atoms with Gasteiger partial charge in [0, 0.05) is 12.0 Å². The molecule has 2 fully saturated rings. The second kappa shape index (κ2) is 38.8. The number of fused-ring (bicyclic) bond motifs is 1. The van der Waals surface area contributed by atoms with E-state index in [0.717, 1.165) is 55.2 Å². The van der Waals surface area contributed by atoms with Gasteiger partial charge in [-0.15, -0.1) is 0 Å². The summed E-state index contributed by atoms with van der Waals surface area (Å²) in [7, 11) is 0. The molecule has 78 heavy (non-hydrogen) atoms. The molecule has 8 atom stereocenters. The van der Waals surface area contributed by atoms with Crippen LogP contribution in [0, 0.1) is 0 Å². The van der Waals surface area contributed by atoms with Crippen LogP contribution in [0.1, 0.15) is 214 Å². The highest BCUT2D eigenvalue weighted by Crippen LogP contribution is 2.38. The van der Waals surface area contributed by atoms with E-state index in [-0.39, 0.29) is 25.7 Å². The maximum atomic E-state index is 14.1. The smallest absolute Gasteiger partial charge is 0.338 e. The lowest BCUT2D eigenvalue weighted by Gasteiger charge is -2.49. The molecule has 0 aliphatic carbocycles. The number of allylic oxidation sites excluding steroid dienone is 1. The maximum Gasteiger partial charge on any atom is 0.338 e. The van der Waals surface area contributed by atoms with Gasteiger partial charge in [0.2, 0.25) is 5.91 Å². The number of hydrogen-bond acceptors (Lipinski definition) is 9. The fourth-order valence-electron chi connectivity index (χ4n) is 10.5. The monoisotopic (exact) mass is 1070 g/mol. The van der Waals surface area contributed by atoms with Crippen LogP contribution < -0.4 is 5.32 Å². The van der Waals surface area contributed by atoms with Gasteiger partial charge < -0.3 is 38.5 Å². The average molecular weight is 1070 g/mol. The Kier molecular flexibility index (Phi) is 31.1. The van der Waals surface area contributed by atoms with Gasteiger partial charge in [-0.2, -0.15) is 0 Å². The first-order chi connectivity index (χ1) is 38.5. The van der Waals surface area contributed by atoms with Crippen LogP contribution in [0.15, 0.2) is 133 Å². The van der Waals surface area contributed by atoms with E-state index < -0.39 is 55.1 Å². The van der Waals surface area contributed by atoms with E-state index in [4.69, 9.17) is 33.2 Å². The Bertz CT molecular complexity index is 2160. The van der Waals surface area contributed by atoms with E-state index in [2.05, 4.69) is 25.2 Å². The summed E-state index contributed by atoms with van der Waals surface area (Å²) in [6, 6.07) is 38.2. The first kappa shape index (κ1) is 62.5. The normalized spacial score (nSPS) is 20.0. The zero-order valence-electron chi connectivity index (χ0n) is 47.7. The fraction of sp³-hybridized carbons (Fsp3) is 0.588. The van der Waals surface area contributed by atoms with Crippen molar-refractivity contribution in [3.63, 3.8) is 0 Å². The largest absolute Gasteiger partial charge is 0.452 e. The molecule has 1 unspecified atom stereocenters. The molecule has 0 aromatic heterocycles. The number of benzene rings is 4. The van der Waals surface area contributed by atoms with Gasteiger partial charge in [0.1, 0.15) is 30.5 Å². The summed E-state index contributed by atoms with van der Waals surface area (Å²) in [5.74, 6) is -0.590. The molecule has 2 heterocycles. The van der Waals surface area contributed by atoms with Crippen molar-refractivity contribution < 1.29 is 42.7 Å². The van der Waals surface area contributed by atoms with Gasteiger partial charge in [0.15, 0.2) is 12.6 Å². The number of amides is 1. The molecule has 0 radical (unpaired) electrons. The molecule has 1 N–H and O–H groups in total. The van der Waals surface area contributed by atoms with Gasteiger partial charge >= 0.3 is 5.97 Å². The number of unbranched alkanes of at least 4 members (excludes halogenated alkanes) is 23. The second-order valence-corrected chi connectivity index (χ2v) is 21.7. The van der Waals surface area contributed by atoms with Gasteiger partial charge in [0.05, 0.1) is 38.0 Å². The Morgan fingerprint density at radius 2 is 1.03 bits per heavy atom. The van der Waals surface area contributed by atoms with Crippen LogP contribution in [-0.2, 0) is 51.2 Å². The predicted octanol–water partition coefficient (Wildman–Crippen LogP) is 16.5. The minimum atomic E-state index is -0.984. The number of carbonyl (C=O) groups excluding carboxylic acids is 2. The summed E-state index contributed by atoms with van der Waals surface area (Å²) in [4.78, 5) is 28.1. The van der Waals surface area contributed by atoms with Crippen molar-refractivity contribution in [2.45, 2.75) is 243 Å². The van der Waals surface area contributed by atoms with Gasteiger partial charge in [-0.1, -0.05) is 270 Å². The Hall–Kier alpha value is -4.68. The summed E-state index contributed by atoms with van der Waals surface area (Å²) >= 11 is 0. The van der Waals surface area contributed by atoms with Crippen molar-refractivity contribution in [3.05, 3.63) is 156 Å². The molecule has 10 heteroatoms. The third-order valence-electron chi connectivity index (χ3n) is 15.2. The molecule has 2 aliphatic heterocycles. The van der Waals surface area contributed by atoms with Crippen LogP contribution in [0.2, 0.25) is 0 Å². The second-order valence-electron chi connectivity index (χ2n) is 21.7. The zero-order chi connectivity index (χ0) is 54.5. The van der Waals surface area contributed by atoms with E-state index in [9.17, 15) is 9.59 Å². The van der Waals surface area contributed by atoms with Gasteiger partial charge in [-0.05, 0) is 48.6 Å². The van der Waals surface area contributed by atoms with Crippen molar-refractivity contribution in [1.29, 1.82) is 0 Å². The molecule has 2 aliphatic rings. The third-order valence-corrected chi connectivity index (χ3v) is 15.2. The van der Waals surface area contributed by atoms with Crippen LogP contribution in [0.3, 0.4) is 0 Å².